The second-order valence-corrected chi connectivity index (χ2v) is 14.9. The molecule has 0 fully saturated rings. The zero-order valence-electron chi connectivity index (χ0n) is 35.0. The summed E-state index contributed by atoms with van der Waals surface area (Å²) in [5.41, 5.74) is 0. The average Bonchev–Trinajstić information content (AvgIpc) is 3.15. The number of unbranched alkanes of at least 4 members (excludes halogenated alkanes) is 23. The molecule has 0 bridgehead atoms. The van der Waals surface area contributed by atoms with Gasteiger partial charge in [0.05, 0.1) is 0 Å². The fourth-order valence-corrected chi connectivity index (χ4v) is 6.28. The minimum absolute atomic E-state index is 0.0764. The van der Waals surface area contributed by atoms with E-state index in [1.807, 2.05) is 0 Å². The minimum Gasteiger partial charge on any atom is -0.462 e. The predicted molar refractivity (Wildman–Crippen MR) is 224 cm³/mol. The smallest absolute Gasteiger partial charge is 0.306 e. The number of carbonyl (C=O) groups is 3. The van der Waals surface area contributed by atoms with Gasteiger partial charge in [-0.2, -0.15) is 0 Å². The molecule has 0 saturated carbocycles. The van der Waals surface area contributed by atoms with Crippen LogP contribution < -0.4 is 0 Å². The fraction of sp³-hybridized carbons (Fsp3) is 0.809. The van der Waals surface area contributed by atoms with Gasteiger partial charge in [0.2, 0.25) is 0 Å². The monoisotopic (exact) mass is 745 g/mol. The summed E-state index contributed by atoms with van der Waals surface area (Å²) in [5, 5.41) is 0. The summed E-state index contributed by atoms with van der Waals surface area (Å²) in [6.45, 7) is 6.48. The number of hydrogen-bond acceptors (Lipinski definition) is 6. The van der Waals surface area contributed by atoms with Crippen LogP contribution in [0.15, 0.2) is 36.5 Å². The largest absolute Gasteiger partial charge is 0.462 e. The van der Waals surface area contributed by atoms with Crippen LogP contribution in [0, 0.1) is 0 Å². The quantitative estimate of drug-likeness (QED) is 0.0269. The van der Waals surface area contributed by atoms with Crippen molar-refractivity contribution in [3.8, 4) is 0 Å². The molecule has 53 heavy (non-hydrogen) atoms. The van der Waals surface area contributed by atoms with Crippen molar-refractivity contribution >= 4 is 17.9 Å². The standard InChI is InChI=1S/C47H84O6/c1-4-7-10-13-16-19-21-23-24-26-28-31-34-37-40-46(49)52-43-44(42-51-45(48)39-36-33-30-27-18-15-12-9-6-3)53-47(50)41-38-35-32-29-25-22-20-17-14-11-8-5-2/h7,10,16,19,23-24,44H,4-6,8-9,11-15,17-18,20-22,25-43H2,1-3H3/b10-7-,19-16-,24-23-. The average molecular weight is 745 g/mol. The van der Waals surface area contributed by atoms with Gasteiger partial charge in [0.25, 0.3) is 0 Å². The maximum Gasteiger partial charge on any atom is 0.306 e. The first-order chi connectivity index (χ1) is 26.0. The molecule has 0 saturated heterocycles. The van der Waals surface area contributed by atoms with E-state index in [9.17, 15) is 14.4 Å². The van der Waals surface area contributed by atoms with Crippen molar-refractivity contribution in [3.63, 3.8) is 0 Å². The Morgan fingerprint density at radius 3 is 1.15 bits per heavy atom. The number of rotatable bonds is 40. The van der Waals surface area contributed by atoms with E-state index in [1.54, 1.807) is 0 Å². The summed E-state index contributed by atoms with van der Waals surface area (Å²) in [4.78, 5) is 37.6. The Morgan fingerprint density at radius 1 is 0.396 bits per heavy atom. The van der Waals surface area contributed by atoms with Gasteiger partial charge in [-0.25, -0.2) is 0 Å². The van der Waals surface area contributed by atoms with Gasteiger partial charge in [-0.15, -0.1) is 0 Å². The molecule has 1 unspecified atom stereocenters. The Hall–Kier alpha value is -2.37. The molecule has 0 aromatic carbocycles. The van der Waals surface area contributed by atoms with Crippen LogP contribution in [0.25, 0.3) is 0 Å². The van der Waals surface area contributed by atoms with Crippen molar-refractivity contribution < 1.29 is 28.6 Å². The highest BCUT2D eigenvalue weighted by Gasteiger charge is 2.19. The van der Waals surface area contributed by atoms with Crippen LogP contribution in [0.4, 0.5) is 0 Å². The molecule has 0 aliphatic carbocycles. The first-order valence-corrected chi connectivity index (χ1v) is 22.5. The Bertz CT molecular complexity index is 907. The van der Waals surface area contributed by atoms with Crippen LogP contribution in [0.1, 0.15) is 226 Å². The molecule has 6 nitrogen and oxygen atoms in total. The van der Waals surface area contributed by atoms with Crippen LogP contribution >= 0.6 is 0 Å². The van der Waals surface area contributed by atoms with Gasteiger partial charge in [-0.05, 0) is 51.4 Å². The van der Waals surface area contributed by atoms with Crippen molar-refractivity contribution in [3.05, 3.63) is 36.5 Å². The molecule has 0 spiro atoms. The normalized spacial score (nSPS) is 12.3. The van der Waals surface area contributed by atoms with Gasteiger partial charge in [-0.1, -0.05) is 192 Å². The second-order valence-electron chi connectivity index (χ2n) is 14.9. The summed E-state index contributed by atoms with van der Waals surface area (Å²) >= 11 is 0. The molecule has 0 radical (unpaired) electrons. The lowest BCUT2D eigenvalue weighted by Crippen LogP contribution is -2.30. The highest BCUT2D eigenvalue weighted by molar-refractivity contribution is 5.71. The lowest BCUT2D eigenvalue weighted by Gasteiger charge is -2.18. The van der Waals surface area contributed by atoms with E-state index in [2.05, 4.69) is 57.2 Å². The third kappa shape index (κ3) is 40.6. The van der Waals surface area contributed by atoms with E-state index in [1.165, 1.54) is 96.3 Å². The molecule has 1 atom stereocenters. The molecule has 6 heteroatoms. The van der Waals surface area contributed by atoms with Gasteiger partial charge < -0.3 is 14.2 Å². The summed E-state index contributed by atoms with van der Waals surface area (Å²) in [6, 6.07) is 0. The first kappa shape index (κ1) is 50.6. The lowest BCUT2D eigenvalue weighted by atomic mass is 10.0. The molecule has 0 aromatic heterocycles. The number of allylic oxidation sites excluding steroid dienone is 6. The maximum atomic E-state index is 12.7. The number of carbonyl (C=O) groups excluding carboxylic acids is 3. The van der Waals surface area contributed by atoms with Gasteiger partial charge in [0, 0.05) is 19.3 Å². The third-order valence-corrected chi connectivity index (χ3v) is 9.66. The molecule has 0 rings (SSSR count). The molecule has 308 valence electrons. The molecule has 0 aliphatic rings. The molecular formula is C47H84O6. The number of hydrogen-bond donors (Lipinski definition) is 0. The second kappa shape index (κ2) is 42.4. The van der Waals surface area contributed by atoms with Crippen molar-refractivity contribution in [1.29, 1.82) is 0 Å². The molecule has 0 aliphatic heterocycles. The zero-order chi connectivity index (χ0) is 38.7. The van der Waals surface area contributed by atoms with Crippen LogP contribution in [0.2, 0.25) is 0 Å². The lowest BCUT2D eigenvalue weighted by molar-refractivity contribution is -0.167. The summed E-state index contributed by atoms with van der Waals surface area (Å²) < 4.78 is 16.7. The Morgan fingerprint density at radius 2 is 0.736 bits per heavy atom. The van der Waals surface area contributed by atoms with Gasteiger partial charge >= 0.3 is 17.9 Å². The van der Waals surface area contributed by atoms with Gasteiger partial charge in [0.1, 0.15) is 13.2 Å². The Kier molecular flexibility index (Phi) is 40.5. The van der Waals surface area contributed by atoms with Crippen molar-refractivity contribution in [2.45, 2.75) is 232 Å². The van der Waals surface area contributed by atoms with E-state index in [0.717, 1.165) is 89.9 Å². The van der Waals surface area contributed by atoms with Crippen molar-refractivity contribution in [2.75, 3.05) is 13.2 Å². The topological polar surface area (TPSA) is 78.9 Å². The Labute approximate surface area is 327 Å². The minimum atomic E-state index is -0.773. The van der Waals surface area contributed by atoms with Crippen molar-refractivity contribution in [2.24, 2.45) is 0 Å². The van der Waals surface area contributed by atoms with E-state index >= 15 is 0 Å². The predicted octanol–water partition coefficient (Wildman–Crippen LogP) is 14.2. The van der Waals surface area contributed by atoms with E-state index in [0.29, 0.717) is 19.3 Å². The number of esters is 3. The highest BCUT2D eigenvalue weighted by atomic mass is 16.6. The maximum absolute atomic E-state index is 12.7. The summed E-state index contributed by atoms with van der Waals surface area (Å²) in [7, 11) is 0. The SMILES string of the molecule is CC/C=C\C/C=C\C/C=C\CCCCCCC(=O)OCC(COC(=O)CCCCCCCCCCC)OC(=O)CCCCCCCCCCCCCC. The highest BCUT2D eigenvalue weighted by Crippen LogP contribution is 2.14. The van der Waals surface area contributed by atoms with E-state index in [-0.39, 0.29) is 31.1 Å². The number of ether oxygens (including phenoxy) is 3. The van der Waals surface area contributed by atoms with Crippen LogP contribution in [0.5, 0.6) is 0 Å². The van der Waals surface area contributed by atoms with Crippen molar-refractivity contribution in [1.82, 2.24) is 0 Å². The van der Waals surface area contributed by atoms with E-state index < -0.39 is 6.10 Å². The zero-order valence-corrected chi connectivity index (χ0v) is 35.0. The fourth-order valence-electron chi connectivity index (χ4n) is 6.28. The molecular weight excluding hydrogens is 661 g/mol. The summed E-state index contributed by atoms with van der Waals surface area (Å²) in [5.74, 6) is -0.900. The van der Waals surface area contributed by atoms with Gasteiger partial charge in [0.15, 0.2) is 6.10 Å². The first-order valence-electron chi connectivity index (χ1n) is 22.5. The molecule has 0 aromatic rings. The molecule has 0 heterocycles. The summed E-state index contributed by atoms with van der Waals surface area (Å²) in [6.07, 6.45) is 47.0. The Balaban J connectivity index is 4.38. The van der Waals surface area contributed by atoms with Crippen LogP contribution in [-0.4, -0.2) is 37.2 Å². The molecule has 0 amide bonds. The van der Waals surface area contributed by atoms with Gasteiger partial charge in [-0.3, -0.25) is 14.4 Å². The molecule has 0 N–H and O–H groups in total. The van der Waals surface area contributed by atoms with Crippen LogP contribution in [0.3, 0.4) is 0 Å². The van der Waals surface area contributed by atoms with E-state index in [4.69, 9.17) is 14.2 Å². The van der Waals surface area contributed by atoms with Crippen LogP contribution in [-0.2, 0) is 28.6 Å². The third-order valence-electron chi connectivity index (χ3n) is 9.66.